The molecule has 1 atom stereocenters. The van der Waals surface area contributed by atoms with Crippen molar-refractivity contribution in [1.82, 2.24) is 4.90 Å². The molecule has 0 bridgehead atoms. The van der Waals surface area contributed by atoms with Crippen molar-refractivity contribution in [3.05, 3.63) is 59.9 Å². The number of carbonyl (C=O) groups excluding carboxylic acids is 1. The number of urea groups is 1. The first-order valence-electron chi connectivity index (χ1n) is 8.80. The Kier molecular flexibility index (Phi) is 4.07. The fraction of sp³-hybridized carbons (Fsp3) is 0.350. The maximum atomic E-state index is 13.1. The van der Waals surface area contributed by atoms with Crippen LogP contribution >= 0.6 is 0 Å². The number of nitrogens with zero attached hydrogens (tertiary/aromatic N) is 3. The summed E-state index contributed by atoms with van der Waals surface area (Å²) in [5, 5.41) is 0. The SMILES string of the molecule is CC1Cc2ccccc2N1C(=O)N1CCN(c2ccc(F)cc2)CC1. The number of halogens is 1. The van der Waals surface area contributed by atoms with Gasteiger partial charge in [0.05, 0.1) is 0 Å². The molecule has 0 radical (unpaired) electrons. The number of carbonyl (C=O) groups is 1. The molecule has 0 aliphatic carbocycles. The molecule has 130 valence electrons. The second-order valence-electron chi connectivity index (χ2n) is 6.78. The van der Waals surface area contributed by atoms with Gasteiger partial charge in [-0.15, -0.1) is 0 Å². The van der Waals surface area contributed by atoms with Crippen molar-refractivity contribution in [3.63, 3.8) is 0 Å². The Balaban J connectivity index is 1.44. The third kappa shape index (κ3) is 2.95. The molecule has 5 heteroatoms. The highest BCUT2D eigenvalue weighted by molar-refractivity contribution is 5.95. The molecule has 25 heavy (non-hydrogen) atoms. The molecule has 0 spiro atoms. The van der Waals surface area contributed by atoms with E-state index < -0.39 is 0 Å². The van der Waals surface area contributed by atoms with Crippen LogP contribution in [0.3, 0.4) is 0 Å². The highest BCUT2D eigenvalue weighted by Gasteiger charge is 2.34. The maximum Gasteiger partial charge on any atom is 0.324 e. The lowest BCUT2D eigenvalue weighted by molar-refractivity contribution is 0.199. The topological polar surface area (TPSA) is 26.8 Å². The van der Waals surface area contributed by atoms with Crippen LogP contribution < -0.4 is 9.80 Å². The Hall–Kier alpha value is -2.56. The molecule has 2 heterocycles. The number of fused-ring (bicyclic) bond motifs is 1. The quantitative estimate of drug-likeness (QED) is 0.795. The van der Waals surface area contributed by atoms with E-state index in [2.05, 4.69) is 17.9 Å². The first kappa shape index (κ1) is 15.9. The molecule has 2 aliphatic heterocycles. The lowest BCUT2D eigenvalue weighted by atomic mass is 10.1. The molecule has 1 fully saturated rings. The van der Waals surface area contributed by atoms with Crippen LogP contribution in [0.1, 0.15) is 12.5 Å². The van der Waals surface area contributed by atoms with Crippen LogP contribution in [-0.4, -0.2) is 43.2 Å². The van der Waals surface area contributed by atoms with Crippen LogP contribution in [0.2, 0.25) is 0 Å². The summed E-state index contributed by atoms with van der Waals surface area (Å²) in [6.07, 6.45) is 0.914. The summed E-state index contributed by atoms with van der Waals surface area (Å²) in [4.78, 5) is 19.1. The number of hydrogen-bond donors (Lipinski definition) is 0. The van der Waals surface area contributed by atoms with Crippen molar-refractivity contribution in [2.75, 3.05) is 36.0 Å². The summed E-state index contributed by atoms with van der Waals surface area (Å²) in [6.45, 7) is 5.00. The van der Waals surface area contributed by atoms with E-state index in [-0.39, 0.29) is 17.9 Å². The average molecular weight is 339 g/mol. The zero-order valence-corrected chi connectivity index (χ0v) is 14.4. The molecular weight excluding hydrogens is 317 g/mol. The predicted octanol–water partition coefficient (Wildman–Crippen LogP) is 3.52. The molecule has 2 amide bonds. The largest absolute Gasteiger partial charge is 0.368 e. The first-order valence-corrected chi connectivity index (χ1v) is 8.80. The molecule has 4 rings (SSSR count). The predicted molar refractivity (Wildman–Crippen MR) is 97.7 cm³/mol. The van der Waals surface area contributed by atoms with E-state index >= 15 is 0 Å². The molecule has 1 unspecified atom stereocenters. The summed E-state index contributed by atoms with van der Waals surface area (Å²) in [6, 6.07) is 15.0. The monoisotopic (exact) mass is 339 g/mol. The van der Waals surface area contributed by atoms with Crippen molar-refractivity contribution in [2.24, 2.45) is 0 Å². The molecule has 1 saturated heterocycles. The molecule has 2 aromatic carbocycles. The smallest absolute Gasteiger partial charge is 0.324 e. The minimum atomic E-state index is -0.223. The van der Waals surface area contributed by atoms with Gasteiger partial charge in [-0.3, -0.25) is 4.90 Å². The van der Waals surface area contributed by atoms with Crippen LogP contribution in [0.25, 0.3) is 0 Å². The number of anilines is 2. The fourth-order valence-electron chi connectivity index (χ4n) is 3.82. The van der Waals surface area contributed by atoms with E-state index in [0.29, 0.717) is 13.1 Å². The Morgan fingerprint density at radius 2 is 1.68 bits per heavy atom. The summed E-state index contributed by atoms with van der Waals surface area (Å²) in [5.74, 6) is -0.223. The molecule has 2 aromatic rings. The number of para-hydroxylation sites is 1. The summed E-state index contributed by atoms with van der Waals surface area (Å²) >= 11 is 0. The Morgan fingerprint density at radius 1 is 1.00 bits per heavy atom. The van der Waals surface area contributed by atoms with E-state index in [4.69, 9.17) is 0 Å². The fourth-order valence-corrected chi connectivity index (χ4v) is 3.82. The van der Waals surface area contributed by atoms with E-state index in [1.807, 2.05) is 28.0 Å². The van der Waals surface area contributed by atoms with Crippen molar-refractivity contribution in [1.29, 1.82) is 0 Å². The van der Waals surface area contributed by atoms with Gasteiger partial charge >= 0.3 is 6.03 Å². The lowest BCUT2D eigenvalue weighted by Gasteiger charge is -2.38. The average Bonchev–Trinajstić information content (AvgIpc) is 2.97. The van der Waals surface area contributed by atoms with Gasteiger partial charge in [-0.25, -0.2) is 9.18 Å². The van der Waals surface area contributed by atoms with Gasteiger partial charge in [-0.2, -0.15) is 0 Å². The Labute approximate surface area is 147 Å². The number of piperazine rings is 1. The first-order chi connectivity index (χ1) is 12.1. The van der Waals surface area contributed by atoms with Gasteiger partial charge in [-0.1, -0.05) is 18.2 Å². The normalized spacial score (nSPS) is 19.9. The molecule has 0 saturated carbocycles. The molecule has 0 N–H and O–H groups in total. The highest BCUT2D eigenvalue weighted by Crippen LogP contribution is 2.33. The molecule has 0 aromatic heterocycles. The van der Waals surface area contributed by atoms with Gasteiger partial charge in [0, 0.05) is 43.6 Å². The summed E-state index contributed by atoms with van der Waals surface area (Å²) in [7, 11) is 0. The minimum Gasteiger partial charge on any atom is -0.368 e. The van der Waals surface area contributed by atoms with Crippen molar-refractivity contribution >= 4 is 17.4 Å². The van der Waals surface area contributed by atoms with Crippen molar-refractivity contribution in [2.45, 2.75) is 19.4 Å². The summed E-state index contributed by atoms with van der Waals surface area (Å²) < 4.78 is 13.1. The third-order valence-electron chi connectivity index (χ3n) is 5.16. The van der Waals surface area contributed by atoms with E-state index in [0.717, 1.165) is 30.9 Å². The number of hydrogen-bond acceptors (Lipinski definition) is 2. The summed E-state index contributed by atoms with van der Waals surface area (Å²) in [5.41, 5.74) is 3.29. The van der Waals surface area contributed by atoms with Gasteiger partial charge in [-0.05, 0) is 49.2 Å². The number of rotatable bonds is 1. The van der Waals surface area contributed by atoms with E-state index in [1.165, 1.54) is 17.7 Å². The Bertz CT molecular complexity index is 769. The van der Waals surface area contributed by atoms with Crippen LogP contribution in [0, 0.1) is 5.82 Å². The van der Waals surface area contributed by atoms with Crippen LogP contribution in [-0.2, 0) is 6.42 Å². The number of amides is 2. The van der Waals surface area contributed by atoms with Gasteiger partial charge in [0.25, 0.3) is 0 Å². The van der Waals surface area contributed by atoms with Gasteiger partial charge in [0.1, 0.15) is 5.82 Å². The maximum absolute atomic E-state index is 13.1. The van der Waals surface area contributed by atoms with Crippen LogP contribution in [0.15, 0.2) is 48.5 Å². The highest BCUT2D eigenvalue weighted by atomic mass is 19.1. The van der Waals surface area contributed by atoms with Crippen molar-refractivity contribution in [3.8, 4) is 0 Å². The number of benzene rings is 2. The van der Waals surface area contributed by atoms with Crippen LogP contribution in [0.4, 0.5) is 20.6 Å². The second kappa shape index (κ2) is 6.39. The minimum absolute atomic E-state index is 0.0937. The van der Waals surface area contributed by atoms with E-state index in [1.54, 1.807) is 12.1 Å². The molecular formula is C20H22FN3O. The van der Waals surface area contributed by atoms with Gasteiger partial charge in [0.2, 0.25) is 0 Å². The van der Waals surface area contributed by atoms with Gasteiger partial charge in [0.15, 0.2) is 0 Å². The van der Waals surface area contributed by atoms with Crippen LogP contribution in [0.5, 0.6) is 0 Å². The van der Waals surface area contributed by atoms with Gasteiger partial charge < -0.3 is 9.80 Å². The molecule has 2 aliphatic rings. The third-order valence-corrected chi connectivity index (χ3v) is 5.16. The standard InChI is InChI=1S/C20H22FN3O/c1-15-14-16-4-2-3-5-19(16)24(15)20(25)23-12-10-22(11-13-23)18-8-6-17(21)7-9-18/h2-9,15H,10-14H2,1H3. The van der Waals surface area contributed by atoms with E-state index in [9.17, 15) is 9.18 Å². The van der Waals surface area contributed by atoms with Crippen molar-refractivity contribution < 1.29 is 9.18 Å². The molecule has 4 nitrogen and oxygen atoms in total. The Morgan fingerprint density at radius 3 is 2.40 bits per heavy atom. The lowest BCUT2D eigenvalue weighted by Crippen LogP contribution is -2.54. The zero-order chi connectivity index (χ0) is 17.4. The second-order valence-corrected chi connectivity index (χ2v) is 6.78. The zero-order valence-electron chi connectivity index (χ0n) is 14.4.